The quantitative estimate of drug-likeness (QED) is 0.920. The Hall–Kier alpha value is -2.20. The van der Waals surface area contributed by atoms with Gasteiger partial charge in [-0.2, -0.15) is 0 Å². The van der Waals surface area contributed by atoms with Crippen LogP contribution in [0.25, 0.3) is 0 Å². The summed E-state index contributed by atoms with van der Waals surface area (Å²) in [6.45, 7) is 3.86. The Morgan fingerprint density at radius 2 is 2.00 bits per heavy atom. The highest BCUT2D eigenvalue weighted by Crippen LogP contribution is 2.21. The van der Waals surface area contributed by atoms with Crippen molar-refractivity contribution in [2.24, 2.45) is 0 Å². The van der Waals surface area contributed by atoms with Crippen molar-refractivity contribution in [3.63, 3.8) is 0 Å². The molecule has 2 aromatic rings. The molecule has 0 saturated carbocycles. The van der Waals surface area contributed by atoms with E-state index in [2.05, 4.69) is 22.2 Å². The normalized spacial score (nSPS) is 14.6. The van der Waals surface area contributed by atoms with Crippen LogP contribution in [0, 0.1) is 6.92 Å². The minimum atomic E-state index is -0.0762. The van der Waals surface area contributed by atoms with Crippen molar-refractivity contribution in [3.05, 3.63) is 58.9 Å². The van der Waals surface area contributed by atoms with Crippen LogP contribution in [-0.2, 0) is 13.0 Å². The molecular weight excluding hydrogens is 262 g/mol. The second-order valence-corrected chi connectivity index (χ2v) is 5.63. The molecule has 1 aliphatic heterocycles. The number of carbonyl (C=O) groups is 1. The summed E-state index contributed by atoms with van der Waals surface area (Å²) >= 11 is 0. The van der Waals surface area contributed by atoms with Gasteiger partial charge in [-0.3, -0.25) is 9.78 Å². The van der Waals surface area contributed by atoms with Crippen LogP contribution in [0.15, 0.2) is 36.7 Å². The largest absolute Gasteiger partial charge is 0.322 e. The zero-order valence-corrected chi connectivity index (χ0v) is 12.4. The lowest BCUT2D eigenvalue weighted by molar-refractivity contribution is 0.102. The van der Waals surface area contributed by atoms with Crippen LogP contribution in [0.4, 0.5) is 5.69 Å². The Morgan fingerprint density at radius 3 is 2.76 bits per heavy atom. The number of nitrogens with zero attached hydrogens (tertiary/aromatic N) is 2. The van der Waals surface area contributed by atoms with Crippen LogP contribution < -0.4 is 5.32 Å². The summed E-state index contributed by atoms with van der Waals surface area (Å²) in [4.78, 5) is 19.0. The van der Waals surface area contributed by atoms with Gasteiger partial charge in [-0.1, -0.05) is 17.7 Å². The molecule has 1 N–H and O–H groups in total. The molecule has 0 unspecified atom stereocenters. The lowest BCUT2D eigenvalue weighted by Crippen LogP contribution is -2.29. The van der Waals surface area contributed by atoms with Crippen LogP contribution in [-0.4, -0.2) is 29.4 Å². The second-order valence-electron chi connectivity index (χ2n) is 5.63. The fourth-order valence-electron chi connectivity index (χ4n) is 2.67. The van der Waals surface area contributed by atoms with Gasteiger partial charge in [-0.25, -0.2) is 0 Å². The van der Waals surface area contributed by atoms with Gasteiger partial charge >= 0.3 is 0 Å². The van der Waals surface area contributed by atoms with E-state index in [0.29, 0.717) is 5.56 Å². The fraction of sp³-hybridized carbons (Fsp3) is 0.294. The van der Waals surface area contributed by atoms with Crippen molar-refractivity contribution in [2.45, 2.75) is 19.9 Å². The maximum Gasteiger partial charge on any atom is 0.257 e. The summed E-state index contributed by atoms with van der Waals surface area (Å²) in [6, 6.07) is 7.82. The van der Waals surface area contributed by atoms with Crippen LogP contribution in [0.2, 0.25) is 0 Å². The zero-order valence-electron chi connectivity index (χ0n) is 12.4. The van der Waals surface area contributed by atoms with Gasteiger partial charge in [0.25, 0.3) is 5.91 Å². The number of hydrogen-bond acceptors (Lipinski definition) is 3. The molecule has 1 amide bonds. The lowest BCUT2D eigenvalue weighted by atomic mass is 9.97. The van der Waals surface area contributed by atoms with Gasteiger partial charge in [0, 0.05) is 31.2 Å². The van der Waals surface area contributed by atoms with Gasteiger partial charge in [0.2, 0.25) is 0 Å². The van der Waals surface area contributed by atoms with Gasteiger partial charge in [0.1, 0.15) is 0 Å². The molecule has 0 fully saturated rings. The number of benzene rings is 1. The molecule has 1 aromatic heterocycles. The molecule has 0 atom stereocenters. The monoisotopic (exact) mass is 281 g/mol. The highest BCUT2D eigenvalue weighted by molar-refractivity contribution is 6.05. The van der Waals surface area contributed by atoms with Crippen molar-refractivity contribution < 1.29 is 4.79 Å². The van der Waals surface area contributed by atoms with E-state index >= 15 is 0 Å². The van der Waals surface area contributed by atoms with Crippen molar-refractivity contribution in [1.29, 1.82) is 0 Å². The first-order valence-electron chi connectivity index (χ1n) is 7.16. The van der Waals surface area contributed by atoms with E-state index in [-0.39, 0.29) is 5.91 Å². The summed E-state index contributed by atoms with van der Waals surface area (Å²) in [7, 11) is 2.09. The van der Waals surface area contributed by atoms with Gasteiger partial charge in [0.15, 0.2) is 0 Å². The number of hydrogen-bond donors (Lipinski definition) is 1. The summed E-state index contributed by atoms with van der Waals surface area (Å²) in [6.07, 6.45) is 4.44. The number of carbonyl (C=O) groups excluding carboxylic acids is 1. The average molecular weight is 281 g/mol. The molecule has 0 aliphatic carbocycles. The van der Waals surface area contributed by atoms with Gasteiger partial charge < -0.3 is 10.2 Å². The predicted molar refractivity (Wildman–Crippen MR) is 83.4 cm³/mol. The molecule has 1 aliphatic rings. The topological polar surface area (TPSA) is 45.2 Å². The van der Waals surface area contributed by atoms with E-state index in [1.54, 1.807) is 6.20 Å². The van der Waals surface area contributed by atoms with E-state index in [0.717, 1.165) is 36.3 Å². The van der Waals surface area contributed by atoms with E-state index in [9.17, 15) is 4.79 Å². The standard InChI is InChI=1S/C17H19N3O/c1-12-3-5-14(6-4-12)19-17(21)16-10-18-9-13-11-20(2)8-7-15(13)16/h3-6,9-10H,7-8,11H2,1-2H3,(H,19,21). The van der Waals surface area contributed by atoms with Gasteiger partial charge in [-0.05, 0) is 43.7 Å². The third kappa shape index (κ3) is 2.95. The summed E-state index contributed by atoms with van der Waals surface area (Å²) < 4.78 is 0. The zero-order chi connectivity index (χ0) is 14.8. The second kappa shape index (κ2) is 5.66. The minimum Gasteiger partial charge on any atom is -0.322 e. The van der Waals surface area contributed by atoms with Crippen LogP contribution in [0.3, 0.4) is 0 Å². The molecule has 0 saturated heterocycles. The van der Waals surface area contributed by atoms with E-state index in [4.69, 9.17) is 0 Å². The number of amides is 1. The molecule has 4 nitrogen and oxygen atoms in total. The SMILES string of the molecule is Cc1ccc(NC(=O)c2cncc3c2CCN(C)C3)cc1. The first-order chi connectivity index (χ1) is 10.1. The Balaban J connectivity index is 1.85. The van der Waals surface area contributed by atoms with E-state index in [1.807, 2.05) is 37.4 Å². The number of pyridine rings is 1. The van der Waals surface area contributed by atoms with Crippen molar-refractivity contribution in [1.82, 2.24) is 9.88 Å². The predicted octanol–water partition coefficient (Wildman–Crippen LogP) is 2.63. The molecule has 108 valence electrons. The van der Waals surface area contributed by atoms with Crippen LogP contribution >= 0.6 is 0 Å². The fourth-order valence-corrected chi connectivity index (χ4v) is 2.67. The smallest absolute Gasteiger partial charge is 0.257 e. The van der Waals surface area contributed by atoms with Crippen molar-refractivity contribution >= 4 is 11.6 Å². The molecule has 2 heterocycles. The lowest BCUT2D eigenvalue weighted by Gasteiger charge is -2.26. The third-order valence-corrected chi connectivity index (χ3v) is 3.88. The van der Waals surface area contributed by atoms with Crippen LogP contribution in [0.5, 0.6) is 0 Å². The van der Waals surface area contributed by atoms with Crippen LogP contribution in [0.1, 0.15) is 27.0 Å². The van der Waals surface area contributed by atoms with Gasteiger partial charge in [-0.15, -0.1) is 0 Å². The first kappa shape index (κ1) is 13.8. The number of aromatic nitrogens is 1. The molecule has 4 heteroatoms. The number of fused-ring (bicyclic) bond motifs is 1. The summed E-state index contributed by atoms with van der Waals surface area (Å²) in [5.74, 6) is -0.0762. The van der Waals surface area contributed by atoms with Crippen molar-refractivity contribution in [3.8, 4) is 0 Å². The number of aryl methyl sites for hydroxylation is 1. The molecular formula is C17H19N3O. The Bertz CT molecular complexity index is 664. The Kier molecular flexibility index (Phi) is 3.71. The number of rotatable bonds is 2. The summed E-state index contributed by atoms with van der Waals surface area (Å²) in [5, 5.41) is 2.95. The number of likely N-dealkylation sites (N-methyl/N-ethyl adjacent to an activating group) is 1. The van der Waals surface area contributed by atoms with Crippen molar-refractivity contribution in [2.75, 3.05) is 18.9 Å². The number of nitrogens with one attached hydrogen (secondary N) is 1. The summed E-state index contributed by atoms with van der Waals surface area (Å²) in [5.41, 5.74) is 4.97. The van der Waals surface area contributed by atoms with E-state index < -0.39 is 0 Å². The van der Waals surface area contributed by atoms with Gasteiger partial charge in [0.05, 0.1) is 5.56 Å². The first-order valence-corrected chi connectivity index (χ1v) is 7.16. The molecule has 21 heavy (non-hydrogen) atoms. The number of anilines is 1. The maximum absolute atomic E-state index is 12.5. The Labute approximate surface area is 124 Å². The minimum absolute atomic E-state index is 0.0762. The molecule has 3 rings (SSSR count). The molecule has 0 spiro atoms. The Morgan fingerprint density at radius 1 is 1.24 bits per heavy atom. The average Bonchev–Trinajstić information content (AvgIpc) is 2.48. The molecule has 1 aromatic carbocycles. The highest BCUT2D eigenvalue weighted by atomic mass is 16.1. The molecule has 0 bridgehead atoms. The highest BCUT2D eigenvalue weighted by Gasteiger charge is 2.20. The van der Waals surface area contributed by atoms with E-state index in [1.165, 1.54) is 5.56 Å². The molecule has 0 radical (unpaired) electrons. The third-order valence-electron chi connectivity index (χ3n) is 3.88. The maximum atomic E-state index is 12.5.